The Bertz CT molecular complexity index is 1850. The summed E-state index contributed by atoms with van der Waals surface area (Å²) in [5.41, 5.74) is 4.89. The molecule has 6 nitrogen and oxygen atoms in total. The van der Waals surface area contributed by atoms with Crippen molar-refractivity contribution >= 4 is 38.9 Å². The largest absolute Gasteiger partial charge is 0.513 e. The Kier molecular flexibility index (Phi) is 5.20. The molecule has 4 heterocycles. The molecule has 38 heavy (non-hydrogen) atoms. The van der Waals surface area contributed by atoms with Crippen LogP contribution in [-0.4, -0.2) is 16.6 Å². The second-order valence-electron chi connectivity index (χ2n) is 9.09. The monoisotopic (exact) mass is 674 g/mol. The van der Waals surface area contributed by atoms with Crippen molar-refractivity contribution < 1.29 is 30.5 Å². The molecule has 6 aromatic rings. The first kappa shape index (κ1) is 22.9. The van der Waals surface area contributed by atoms with Crippen molar-refractivity contribution in [3.63, 3.8) is 0 Å². The zero-order chi connectivity index (χ0) is 24.5. The van der Waals surface area contributed by atoms with Crippen LogP contribution < -0.4 is 19.3 Å². The number of rotatable bonds is 3. The summed E-state index contributed by atoms with van der Waals surface area (Å²) >= 11 is 0. The van der Waals surface area contributed by atoms with Crippen LogP contribution in [0.1, 0.15) is 0 Å². The second kappa shape index (κ2) is 8.64. The van der Waals surface area contributed by atoms with Crippen molar-refractivity contribution in [1.29, 1.82) is 0 Å². The zero-order valence-electron chi connectivity index (χ0n) is 20.2. The van der Waals surface area contributed by atoms with Crippen LogP contribution in [0.4, 0.5) is 17.1 Å². The van der Waals surface area contributed by atoms with Crippen LogP contribution in [0, 0.1) is 18.8 Å². The maximum Gasteiger partial charge on any atom is 0.135 e. The number of fused-ring (bicyclic) bond motifs is 5. The minimum absolute atomic E-state index is 0. The van der Waals surface area contributed by atoms with E-state index in [4.69, 9.17) is 9.47 Å². The van der Waals surface area contributed by atoms with Crippen LogP contribution in [-0.2, 0) is 21.1 Å². The molecule has 4 aromatic carbocycles. The van der Waals surface area contributed by atoms with Gasteiger partial charge in [0.05, 0.1) is 5.69 Å². The Morgan fingerprint density at radius 3 is 2.55 bits per heavy atom. The van der Waals surface area contributed by atoms with Gasteiger partial charge in [-0.2, -0.15) is 12.7 Å². The van der Waals surface area contributed by atoms with E-state index < -0.39 is 0 Å². The molecule has 0 N–H and O–H groups in total. The van der Waals surface area contributed by atoms with Gasteiger partial charge < -0.3 is 23.8 Å². The molecule has 0 amide bonds. The maximum atomic E-state index is 6.31. The molecule has 188 valence electrons. The fraction of sp³-hybridized carbons (Fsp3) is 0.0323. The summed E-state index contributed by atoms with van der Waals surface area (Å²) in [6, 6.07) is 35.0. The van der Waals surface area contributed by atoms with E-state index in [2.05, 4.69) is 61.8 Å². The number of para-hydroxylation sites is 2. The molecule has 2 aromatic heterocycles. The topological polar surface area (TPSA) is 42.8 Å². The van der Waals surface area contributed by atoms with Gasteiger partial charge in [-0.15, -0.1) is 35.7 Å². The second-order valence-corrected chi connectivity index (χ2v) is 9.09. The van der Waals surface area contributed by atoms with Gasteiger partial charge in [0.2, 0.25) is 0 Å². The molecule has 0 saturated carbocycles. The van der Waals surface area contributed by atoms with Crippen LogP contribution in [0.15, 0.2) is 91.1 Å². The zero-order valence-corrected chi connectivity index (χ0v) is 22.4. The van der Waals surface area contributed by atoms with Crippen molar-refractivity contribution in [3.05, 3.63) is 110 Å². The van der Waals surface area contributed by atoms with Crippen LogP contribution in [0.2, 0.25) is 0 Å². The van der Waals surface area contributed by atoms with E-state index in [1.54, 1.807) is 6.20 Å². The van der Waals surface area contributed by atoms with Gasteiger partial charge in [-0.1, -0.05) is 41.5 Å². The van der Waals surface area contributed by atoms with Crippen molar-refractivity contribution in [3.8, 4) is 28.8 Å². The van der Waals surface area contributed by atoms with Crippen molar-refractivity contribution in [2.45, 2.75) is 0 Å². The predicted octanol–water partition coefficient (Wildman–Crippen LogP) is 7.38. The van der Waals surface area contributed by atoms with Gasteiger partial charge in [0.25, 0.3) is 0 Å². The molecule has 0 unspecified atom stereocenters. The van der Waals surface area contributed by atoms with E-state index >= 15 is 0 Å². The third-order valence-corrected chi connectivity index (χ3v) is 6.86. The molecular weight excluding hydrogens is 655 g/mol. The Balaban J connectivity index is 0.00000242. The van der Waals surface area contributed by atoms with Gasteiger partial charge in [-0.3, -0.25) is 0 Å². The molecule has 7 heteroatoms. The summed E-state index contributed by atoms with van der Waals surface area (Å²) in [6.07, 6.45) is 1.80. The first-order valence-corrected chi connectivity index (χ1v) is 12.0. The molecule has 8 rings (SSSR count). The summed E-state index contributed by atoms with van der Waals surface area (Å²) in [7, 11) is 2.03. The van der Waals surface area contributed by atoms with E-state index in [1.807, 2.05) is 68.3 Å². The average molecular weight is 675 g/mol. The first-order valence-electron chi connectivity index (χ1n) is 12.0. The summed E-state index contributed by atoms with van der Waals surface area (Å²) in [5.74, 6) is 3.58. The maximum absolute atomic E-state index is 6.31. The van der Waals surface area contributed by atoms with Gasteiger partial charge >= 0.3 is 0 Å². The third-order valence-electron chi connectivity index (χ3n) is 6.86. The fourth-order valence-corrected chi connectivity index (χ4v) is 5.25. The molecule has 2 aliphatic heterocycles. The average Bonchev–Trinajstić information content (AvgIpc) is 3.45. The number of nitrogens with zero attached hydrogens (tertiary/aromatic N) is 4. The van der Waals surface area contributed by atoms with Crippen molar-refractivity contribution in [2.24, 2.45) is 0 Å². The Morgan fingerprint density at radius 2 is 1.66 bits per heavy atom. The normalized spacial score (nSPS) is 13.2. The van der Waals surface area contributed by atoms with Crippen LogP contribution in [0.5, 0.6) is 23.0 Å². The smallest absolute Gasteiger partial charge is 0.135 e. The standard InChI is InChI=1S/C31H19N4O2.Pt/c1-33-19-34-27-18-21(13-15-28(27)37-29-10-6-9-25(33)31(29)34)36-20-12-14-23-22-7-2-3-8-24(22)35(26(23)17-20)30-11-4-5-16-32-30;/h2-16,19H,1H3;/q-3;. The summed E-state index contributed by atoms with van der Waals surface area (Å²) < 4.78 is 14.6. The van der Waals surface area contributed by atoms with E-state index in [1.165, 1.54) is 0 Å². The number of hydrogen-bond donors (Lipinski definition) is 0. The van der Waals surface area contributed by atoms with Gasteiger partial charge in [-0.25, -0.2) is 4.98 Å². The fourth-order valence-electron chi connectivity index (χ4n) is 5.25. The number of benzene rings is 4. The molecule has 0 saturated heterocycles. The number of pyridine rings is 1. The number of anilines is 3. The molecule has 0 atom stereocenters. The number of aromatic nitrogens is 2. The Labute approximate surface area is 233 Å². The molecule has 0 bridgehead atoms. The van der Waals surface area contributed by atoms with E-state index in [-0.39, 0.29) is 21.1 Å². The molecule has 0 radical (unpaired) electrons. The Hall–Kier alpha value is -4.28. The number of ether oxygens (including phenoxy) is 2. The number of hydrogen-bond acceptors (Lipinski definition) is 5. The van der Waals surface area contributed by atoms with Gasteiger partial charge in [0, 0.05) is 55.7 Å². The molecular formula is C31H19N4O2Pt-3. The summed E-state index contributed by atoms with van der Waals surface area (Å²) in [6.45, 7) is 2.04. The molecule has 0 aliphatic carbocycles. The van der Waals surface area contributed by atoms with Crippen molar-refractivity contribution in [2.75, 3.05) is 16.8 Å². The minimum Gasteiger partial charge on any atom is -0.513 e. The minimum atomic E-state index is 0. The Morgan fingerprint density at radius 1 is 0.816 bits per heavy atom. The third kappa shape index (κ3) is 3.34. The van der Waals surface area contributed by atoms with E-state index in [0.29, 0.717) is 11.5 Å². The van der Waals surface area contributed by atoms with Crippen LogP contribution in [0.3, 0.4) is 0 Å². The first-order chi connectivity index (χ1) is 18.2. The van der Waals surface area contributed by atoms with Gasteiger partial charge in [0.15, 0.2) is 0 Å². The van der Waals surface area contributed by atoms with Crippen molar-refractivity contribution in [1.82, 2.24) is 9.55 Å². The SMILES string of the molecule is CN1[CH-]N2c3[c-]c(Oc4[c-]c5c(cc4)c4ccccc4n5-c4ccccn4)ccc3Oc3cccc1c32.[Pt]. The molecule has 2 aliphatic rings. The molecule has 0 spiro atoms. The molecule has 0 fully saturated rings. The van der Waals surface area contributed by atoms with E-state index in [0.717, 1.165) is 56.2 Å². The van der Waals surface area contributed by atoms with Crippen LogP contribution in [0.25, 0.3) is 27.6 Å². The quantitative estimate of drug-likeness (QED) is 0.184. The van der Waals surface area contributed by atoms with Gasteiger partial charge in [0.1, 0.15) is 11.6 Å². The summed E-state index contributed by atoms with van der Waals surface area (Å²) in [5, 5.41) is 2.24. The predicted molar refractivity (Wildman–Crippen MR) is 144 cm³/mol. The van der Waals surface area contributed by atoms with Gasteiger partial charge in [-0.05, 0) is 42.8 Å². The van der Waals surface area contributed by atoms with Crippen LogP contribution >= 0.6 is 0 Å². The van der Waals surface area contributed by atoms with E-state index in [9.17, 15) is 0 Å². The summed E-state index contributed by atoms with van der Waals surface area (Å²) in [4.78, 5) is 8.78.